The average molecular weight is 347 g/mol. The highest BCUT2D eigenvalue weighted by Gasteiger charge is 2.64. The Balaban J connectivity index is 1.70. The number of aliphatic hydroxyl groups excluding tert-OH is 1. The van der Waals surface area contributed by atoms with Gasteiger partial charge < -0.3 is 5.11 Å². The van der Waals surface area contributed by atoms with Gasteiger partial charge in [-0.3, -0.25) is 9.59 Å². The number of carbonyl (C=O) groups excluding carboxylic acids is 2. The van der Waals surface area contributed by atoms with Gasteiger partial charge in [0.2, 0.25) is 0 Å². The molecule has 4 aliphatic rings. The van der Waals surface area contributed by atoms with Crippen LogP contribution in [0.3, 0.4) is 0 Å². The molecule has 0 bridgehead atoms. The minimum absolute atomic E-state index is 0.0421. The van der Waals surface area contributed by atoms with E-state index in [1.165, 1.54) is 0 Å². The summed E-state index contributed by atoms with van der Waals surface area (Å²) < 4.78 is 0. The van der Waals surface area contributed by atoms with Gasteiger partial charge in [0.15, 0.2) is 0 Å². The molecule has 9 atom stereocenters. The van der Waals surface area contributed by atoms with Crippen molar-refractivity contribution in [2.75, 3.05) is 0 Å². The van der Waals surface area contributed by atoms with Crippen LogP contribution in [0.4, 0.5) is 0 Å². The Kier molecular flexibility index (Phi) is 4.00. The standard InChI is InChI=1S/C22H34O3/c1-12-9-17-16-6-5-14-10-15(24)7-8-21(14,3)20(16)18(25)11-22(17,4)19(12)13(2)23/h12,14,16-20,25H,5-11H2,1-4H3/t12-,14+,16+,17+,18-,19-,20+,21+,22+/m1/s1. The topological polar surface area (TPSA) is 54.4 Å². The molecule has 0 aromatic carbocycles. The first-order chi connectivity index (χ1) is 11.7. The summed E-state index contributed by atoms with van der Waals surface area (Å²) in [6.07, 6.45) is 6.20. The Morgan fingerprint density at radius 3 is 2.60 bits per heavy atom. The number of Topliss-reactive ketones (excluding diaryl/α,β-unsaturated/α-hetero) is 2. The molecule has 0 heterocycles. The summed E-state index contributed by atoms with van der Waals surface area (Å²) in [5, 5.41) is 11.3. The maximum absolute atomic E-state index is 12.4. The molecule has 0 aromatic heterocycles. The number of aliphatic hydroxyl groups is 1. The number of carbonyl (C=O) groups is 2. The molecule has 4 fully saturated rings. The van der Waals surface area contributed by atoms with E-state index in [-0.39, 0.29) is 22.9 Å². The molecule has 25 heavy (non-hydrogen) atoms. The smallest absolute Gasteiger partial charge is 0.133 e. The maximum Gasteiger partial charge on any atom is 0.133 e. The van der Waals surface area contributed by atoms with Crippen molar-refractivity contribution in [2.24, 2.45) is 46.3 Å². The van der Waals surface area contributed by atoms with Crippen molar-refractivity contribution in [3.05, 3.63) is 0 Å². The molecule has 4 aliphatic carbocycles. The lowest BCUT2D eigenvalue weighted by atomic mass is 9.44. The fourth-order valence-electron chi connectivity index (χ4n) is 8.40. The molecule has 3 nitrogen and oxygen atoms in total. The lowest BCUT2D eigenvalue weighted by molar-refractivity contribution is -0.174. The quantitative estimate of drug-likeness (QED) is 0.780. The Morgan fingerprint density at radius 1 is 1.20 bits per heavy atom. The maximum atomic E-state index is 12.4. The van der Waals surface area contributed by atoms with Crippen molar-refractivity contribution in [1.29, 1.82) is 0 Å². The average Bonchev–Trinajstić information content (AvgIpc) is 2.77. The highest BCUT2D eigenvalue weighted by Crippen LogP contribution is 2.68. The molecule has 4 saturated carbocycles. The summed E-state index contributed by atoms with van der Waals surface area (Å²) in [6, 6.07) is 0. The molecule has 0 amide bonds. The lowest BCUT2D eigenvalue weighted by Gasteiger charge is -2.61. The number of hydrogen-bond acceptors (Lipinski definition) is 3. The van der Waals surface area contributed by atoms with Crippen molar-refractivity contribution in [3.8, 4) is 0 Å². The number of hydrogen-bond donors (Lipinski definition) is 1. The van der Waals surface area contributed by atoms with Gasteiger partial charge in [-0.2, -0.15) is 0 Å². The van der Waals surface area contributed by atoms with Crippen LogP contribution < -0.4 is 0 Å². The predicted molar refractivity (Wildman–Crippen MR) is 96.8 cm³/mol. The Bertz CT molecular complexity index is 598. The predicted octanol–water partition coefficient (Wildman–Crippen LogP) is 4.02. The van der Waals surface area contributed by atoms with E-state index < -0.39 is 0 Å². The van der Waals surface area contributed by atoms with Crippen LogP contribution in [0.15, 0.2) is 0 Å². The molecule has 0 aliphatic heterocycles. The van der Waals surface area contributed by atoms with Gasteiger partial charge in [0, 0.05) is 18.8 Å². The van der Waals surface area contributed by atoms with Gasteiger partial charge in [0.25, 0.3) is 0 Å². The zero-order chi connectivity index (χ0) is 18.1. The molecule has 0 aromatic rings. The van der Waals surface area contributed by atoms with Crippen molar-refractivity contribution in [3.63, 3.8) is 0 Å². The lowest BCUT2D eigenvalue weighted by Crippen LogP contribution is -2.59. The molecule has 1 N–H and O–H groups in total. The third-order valence-electron chi connectivity index (χ3n) is 9.19. The minimum Gasteiger partial charge on any atom is -0.393 e. The van der Waals surface area contributed by atoms with E-state index in [9.17, 15) is 14.7 Å². The summed E-state index contributed by atoms with van der Waals surface area (Å²) in [5.74, 6) is 3.11. The summed E-state index contributed by atoms with van der Waals surface area (Å²) in [5.41, 5.74) is 0.0641. The monoisotopic (exact) mass is 346 g/mol. The van der Waals surface area contributed by atoms with Crippen LogP contribution in [0.2, 0.25) is 0 Å². The van der Waals surface area contributed by atoms with E-state index in [2.05, 4.69) is 20.8 Å². The Labute approximate surface area is 151 Å². The second-order valence-corrected chi connectivity index (χ2v) is 10.4. The molecule has 3 heteroatoms. The second-order valence-electron chi connectivity index (χ2n) is 10.4. The second kappa shape index (κ2) is 5.65. The number of rotatable bonds is 1. The highest BCUT2D eigenvalue weighted by atomic mass is 16.3. The van der Waals surface area contributed by atoms with Crippen LogP contribution in [-0.2, 0) is 9.59 Å². The minimum atomic E-state index is -0.320. The van der Waals surface area contributed by atoms with Crippen LogP contribution in [0, 0.1) is 46.3 Å². The third kappa shape index (κ3) is 2.33. The first-order valence-electron chi connectivity index (χ1n) is 10.4. The van der Waals surface area contributed by atoms with Crippen molar-refractivity contribution in [2.45, 2.75) is 78.7 Å². The fraction of sp³-hybridized carbons (Fsp3) is 0.909. The van der Waals surface area contributed by atoms with Crippen molar-refractivity contribution in [1.82, 2.24) is 0 Å². The molecule has 4 rings (SSSR count). The largest absolute Gasteiger partial charge is 0.393 e. The van der Waals surface area contributed by atoms with Crippen molar-refractivity contribution >= 4 is 11.6 Å². The van der Waals surface area contributed by atoms with E-state index in [1.807, 2.05) is 0 Å². The van der Waals surface area contributed by atoms with Gasteiger partial charge in [-0.05, 0) is 79.4 Å². The Hall–Kier alpha value is -0.700. The van der Waals surface area contributed by atoms with Crippen LogP contribution in [0.5, 0.6) is 0 Å². The molecular weight excluding hydrogens is 312 g/mol. The molecule has 0 saturated heterocycles. The molecule has 140 valence electrons. The Morgan fingerprint density at radius 2 is 1.92 bits per heavy atom. The summed E-state index contributed by atoms with van der Waals surface area (Å²) in [4.78, 5) is 24.4. The van der Waals surface area contributed by atoms with Gasteiger partial charge in [-0.25, -0.2) is 0 Å². The van der Waals surface area contributed by atoms with Crippen LogP contribution in [0.25, 0.3) is 0 Å². The first-order valence-corrected chi connectivity index (χ1v) is 10.4. The molecule has 0 unspecified atom stereocenters. The summed E-state index contributed by atoms with van der Waals surface area (Å²) in [7, 11) is 0. The molecule has 0 spiro atoms. The van der Waals surface area contributed by atoms with Gasteiger partial charge in [-0.1, -0.05) is 20.8 Å². The van der Waals surface area contributed by atoms with E-state index in [0.29, 0.717) is 47.6 Å². The molecule has 0 radical (unpaired) electrons. The van der Waals surface area contributed by atoms with Crippen LogP contribution in [-0.4, -0.2) is 22.8 Å². The SMILES string of the molecule is CC(=O)[C@H]1[C@H](C)C[C@H]2[C@@H]3CC[C@H]4CC(=O)CC[C@]4(C)[C@@H]3[C@H](O)C[C@@]21C. The third-order valence-corrected chi connectivity index (χ3v) is 9.19. The van der Waals surface area contributed by atoms with E-state index in [1.54, 1.807) is 6.92 Å². The fourth-order valence-corrected chi connectivity index (χ4v) is 8.40. The van der Waals surface area contributed by atoms with Crippen molar-refractivity contribution < 1.29 is 14.7 Å². The van der Waals surface area contributed by atoms with Gasteiger partial charge in [0.1, 0.15) is 11.6 Å². The van der Waals surface area contributed by atoms with E-state index >= 15 is 0 Å². The zero-order valence-corrected chi connectivity index (χ0v) is 16.3. The summed E-state index contributed by atoms with van der Waals surface area (Å²) in [6.45, 7) is 8.63. The normalized spacial score (nSPS) is 55.2. The number of fused-ring (bicyclic) bond motifs is 5. The first kappa shape index (κ1) is 17.7. The van der Waals surface area contributed by atoms with Crippen LogP contribution >= 0.6 is 0 Å². The van der Waals surface area contributed by atoms with E-state index in [0.717, 1.165) is 38.5 Å². The highest BCUT2D eigenvalue weighted by molar-refractivity contribution is 5.80. The van der Waals surface area contributed by atoms with Gasteiger partial charge >= 0.3 is 0 Å². The van der Waals surface area contributed by atoms with Gasteiger partial charge in [-0.15, -0.1) is 0 Å². The van der Waals surface area contributed by atoms with Gasteiger partial charge in [0.05, 0.1) is 6.10 Å². The zero-order valence-electron chi connectivity index (χ0n) is 16.3. The number of ketones is 2. The van der Waals surface area contributed by atoms with E-state index in [4.69, 9.17) is 0 Å². The summed E-state index contributed by atoms with van der Waals surface area (Å²) >= 11 is 0. The molecular formula is C22H34O3. The van der Waals surface area contributed by atoms with Crippen LogP contribution in [0.1, 0.15) is 72.6 Å².